The predicted molar refractivity (Wildman–Crippen MR) is 102 cm³/mol. The third-order valence-electron chi connectivity index (χ3n) is 7.01. The number of nitrogens with zero attached hydrogens (tertiary/aromatic N) is 3. The minimum atomic E-state index is -0.265. The van der Waals surface area contributed by atoms with Crippen LogP contribution in [0.5, 0.6) is 0 Å². The summed E-state index contributed by atoms with van der Waals surface area (Å²) in [7, 11) is 0. The lowest BCUT2D eigenvalue weighted by Gasteiger charge is -2.39. The number of carbonyl (C=O) groups is 2. The number of hydrogen-bond acceptors (Lipinski definition) is 3. The molecule has 1 atom stereocenters. The lowest BCUT2D eigenvalue weighted by atomic mass is 9.78. The highest BCUT2D eigenvalue weighted by Gasteiger charge is 2.49. The molecule has 1 spiro atoms. The van der Waals surface area contributed by atoms with Gasteiger partial charge in [-0.25, -0.2) is 0 Å². The van der Waals surface area contributed by atoms with E-state index in [0.717, 1.165) is 57.9 Å². The van der Waals surface area contributed by atoms with Crippen LogP contribution in [0.15, 0.2) is 0 Å². The Kier molecular flexibility index (Phi) is 5.53. The van der Waals surface area contributed by atoms with E-state index in [4.69, 9.17) is 0 Å². The fourth-order valence-electron chi connectivity index (χ4n) is 5.16. The van der Waals surface area contributed by atoms with Gasteiger partial charge in [0.1, 0.15) is 0 Å². The monoisotopic (exact) mass is 361 g/mol. The summed E-state index contributed by atoms with van der Waals surface area (Å²) in [5, 5.41) is 0. The Bertz CT molecular complexity index is 525. The average Bonchev–Trinajstić information content (AvgIpc) is 3.32. The molecule has 0 N–H and O–H groups in total. The zero-order chi connectivity index (χ0) is 18.0. The highest BCUT2D eigenvalue weighted by atomic mass is 16.2. The number of hydrogen-bond donors (Lipinski definition) is 0. The fraction of sp³-hybridized carbons (Fsp3) is 0.905. The topological polar surface area (TPSA) is 43.9 Å². The van der Waals surface area contributed by atoms with Crippen molar-refractivity contribution in [2.45, 2.75) is 64.2 Å². The minimum absolute atomic E-state index is 0.245. The van der Waals surface area contributed by atoms with Crippen LogP contribution in [0.4, 0.5) is 0 Å². The maximum atomic E-state index is 13.1. The maximum absolute atomic E-state index is 13.1. The van der Waals surface area contributed by atoms with E-state index in [0.29, 0.717) is 19.0 Å². The molecule has 0 aromatic carbocycles. The van der Waals surface area contributed by atoms with Crippen molar-refractivity contribution in [3.63, 3.8) is 0 Å². The van der Waals surface area contributed by atoms with Gasteiger partial charge in [-0.15, -0.1) is 0 Å². The van der Waals surface area contributed by atoms with Crippen molar-refractivity contribution in [2.24, 2.45) is 11.3 Å². The van der Waals surface area contributed by atoms with Crippen LogP contribution in [0.25, 0.3) is 0 Å². The summed E-state index contributed by atoms with van der Waals surface area (Å²) in [6, 6.07) is 0. The van der Waals surface area contributed by atoms with E-state index >= 15 is 0 Å². The molecule has 2 amide bonds. The second-order valence-corrected chi connectivity index (χ2v) is 9.19. The molecule has 4 fully saturated rings. The second kappa shape index (κ2) is 7.87. The van der Waals surface area contributed by atoms with E-state index in [-0.39, 0.29) is 11.3 Å². The molecular weight excluding hydrogens is 326 g/mol. The number of amides is 2. The highest BCUT2D eigenvalue weighted by molar-refractivity contribution is 5.86. The first-order chi connectivity index (χ1) is 12.7. The predicted octanol–water partition coefficient (Wildman–Crippen LogP) is 2.50. The molecule has 0 unspecified atom stereocenters. The van der Waals surface area contributed by atoms with Gasteiger partial charge < -0.3 is 9.80 Å². The molecule has 3 aliphatic heterocycles. The Morgan fingerprint density at radius 1 is 0.923 bits per heavy atom. The molecule has 3 saturated heterocycles. The normalized spacial score (nSPS) is 31.3. The van der Waals surface area contributed by atoms with Crippen LogP contribution in [0.3, 0.4) is 0 Å². The van der Waals surface area contributed by atoms with Crippen LogP contribution in [0.2, 0.25) is 0 Å². The fourth-order valence-corrected chi connectivity index (χ4v) is 5.16. The molecule has 26 heavy (non-hydrogen) atoms. The molecule has 3 heterocycles. The van der Waals surface area contributed by atoms with E-state index in [2.05, 4.69) is 9.80 Å². The molecular formula is C21H35N3O2. The van der Waals surface area contributed by atoms with Crippen LogP contribution < -0.4 is 0 Å². The largest absolute Gasteiger partial charge is 0.342 e. The molecule has 1 saturated carbocycles. The molecule has 0 aromatic heterocycles. The van der Waals surface area contributed by atoms with Crippen LogP contribution in [0, 0.1) is 11.3 Å². The van der Waals surface area contributed by atoms with Crippen molar-refractivity contribution < 1.29 is 9.59 Å². The molecule has 4 aliphatic rings. The van der Waals surface area contributed by atoms with Crippen LogP contribution in [0.1, 0.15) is 64.2 Å². The lowest BCUT2D eigenvalue weighted by Crippen LogP contribution is -2.51. The average molecular weight is 362 g/mol. The molecule has 0 radical (unpaired) electrons. The maximum Gasteiger partial charge on any atom is 0.236 e. The summed E-state index contributed by atoms with van der Waals surface area (Å²) in [6.07, 6.45) is 11.9. The Morgan fingerprint density at radius 3 is 2.38 bits per heavy atom. The summed E-state index contributed by atoms with van der Waals surface area (Å²) >= 11 is 0. The van der Waals surface area contributed by atoms with E-state index in [9.17, 15) is 9.59 Å². The summed E-state index contributed by atoms with van der Waals surface area (Å²) in [6.45, 7) is 5.99. The quantitative estimate of drug-likeness (QED) is 0.773. The third kappa shape index (κ3) is 4.08. The van der Waals surface area contributed by atoms with Crippen molar-refractivity contribution >= 4 is 11.8 Å². The SMILES string of the molecule is O=C(CN1CCCCCCC1)N1CC[C@@]2(CCCN(CC3CC3)C2=O)C1. The molecule has 5 nitrogen and oxygen atoms in total. The van der Waals surface area contributed by atoms with Gasteiger partial charge in [-0.05, 0) is 64.0 Å². The van der Waals surface area contributed by atoms with Gasteiger partial charge in [0.15, 0.2) is 0 Å². The summed E-state index contributed by atoms with van der Waals surface area (Å²) in [5.74, 6) is 1.34. The van der Waals surface area contributed by atoms with Crippen molar-refractivity contribution in [3.8, 4) is 0 Å². The van der Waals surface area contributed by atoms with Crippen molar-refractivity contribution in [2.75, 3.05) is 45.8 Å². The zero-order valence-corrected chi connectivity index (χ0v) is 16.3. The second-order valence-electron chi connectivity index (χ2n) is 9.19. The first-order valence-corrected chi connectivity index (χ1v) is 11.0. The summed E-state index contributed by atoms with van der Waals surface area (Å²) < 4.78 is 0. The number of piperidine rings is 1. The minimum Gasteiger partial charge on any atom is -0.342 e. The van der Waals surface area contributed by atoms with Crippen LogP contribution >= 0.6 is 0 Å². The molecule has 4 rings (SSSR count). The van der Waals surface area contributed by atoms with Gasteiger partial charge in [0, 0.05) is 26.2 Å². The Balaban J connectivity index is 1.33. The standard InChI is InChI=1S/C21H35N3O2/c25-19(16-22-11-4-2-1-3-5-12-22)24-14-10-21(17-24)9-6-13-23(20(21)26)15-18-7-8-18/h18H,1-17H2/t21-/m0/s1. The molecule has 5 heteroatoms. The molecule has 0 bridgehead atoms. The van der Waals surface area contributed by atoms with Gasteiger partial charge in [0.25, 0.3) is 0 Å². The van der Waals surface area contributed by atoms with Gasteiger partial charge in [-0.1, -0.05) is 19.3 Å². The number of rotatable bonds is 4. The third-order valence-corrected chi connectivity index (χ3v) is 7.01. The van der Waals surface area contributed by atoms with Gasteiger partial charge in [0.2, 0.25) is 11.8 Å². The van der Waals surface area contributed by atoms with E-state index in [1.807, 2.05) is 4.90 Å². The Morgan fingerprint density at radius 2 is 1.65 bits per heavy atom. The van der Waals surface area contributed by atoms with E-state index < -0.39 is 0 Å². The number of likely N-dealkylation sites (tertiary alicyclic amines) is 3. The highest BCUT2D eigenvalue weighted by Crippen LogP contribution is 2.41. The zero-order valence-electron chi connectivity index (χ0n) is 16.3. The van der Waals surface area contributed by atoms with Gasteiger partial charge in [-0.3, -0.25) is 14.5 Å². The number of carbonyl (C=O) groups excluding carboxylic acids is 2. The Hall–Kier alpha value is -1.10. The van der Waals surface area contributed by atoms with Crippen molar-refractivity contribution in [1.29, 1.82) is 0 Å². The Labute approximate surface area is 158 Å². The van der Waals surface area contributed by atoms with Gasteiger partial charge >= 0.3 is 0 Å². The molecule has 0 aromatic rings. The van der Waals surface area contributed by atoms with Crippen molar-refractivity contribution in [1.82, 2.24) is 14.7 Å². The smallest absolute Gasteiger partial charge is 0.236 e. The van der Waals surface area contributed by atoms with Gasteiger partial charge in [-0.2, -0.15) is 0 Å². The molecule has 1 aliphatic carbocycles. The van der Waals surface area contributed by atoms with Crippen molar-refractivity contribution in [3.05, 3.63) is 0 Å². The van der Waals surface area contributed by atoms with Gasteiger partial charge in [0.05, 0.1) is 12.0 Å². The van der Waals surface area contributed by atoms with Crippen LogP contribution in [-0.2, 0) is 9.59 Å². The van der Waals surface area contributed by atoms with E-state index in [1.54, 1.807) is 0 Å². The lowest BCUT2D eigenvalue weighted by molar-refractivity contribution is -0.146. The first-order valence-electron chi connectivity index (χ1n) is 11.0. The summed E-state index contributed by atoms with van der Waals surface area (Å²) in [5.41, 5.74) is -0.265. The van der Waals surface area contributed by atoms with E-state index in [1.165, 1.54) is 44.9 Å². The molecule has 146 valence electrons. The van der Waals surface area contributed by atoms with Crippen LogP contribution in [-0.4, -0.2) is 72.3 Å². The summed E-state index contributed by atoms with van der Waals surface area (Å²) in [4.78, 5) is 32.5. The first kappa shape index (κ1) is 18.3.